The van der Waals surface area contributed by atoms with E-state index in [1.807, 2.05) is 0 Å². The fraction of sp³-hybridized carbons (Fsp3) is 0.273. The van der Waals surface area contributed by atoms with Gasteiger partial charge in [0.05, 0.1) is 5.02 Å². The number of halogens is 2. The average Bonchev–Trinajstić information content (AvgIpc) is 2.70. The van der Waals surface area contributed by atoms with Gasteiger partial charge < -0.3 is 9.52 Å². The van der Waals surface area contributed by atoms with Crippen LogP contribution in [0.3, 0.4) is 0 Å². The zero-order valence-corrected chi connectivity index (χ0v) is 17.0. The zero-order valence-electron chi connectivity index (χ0n) is 15.5. The number of carbonyl (C=O) groups is 1. The smallest absolute Gasteiger partial charge is 0.336 e. The van der Waals surface area contributed by atoms with Gasteiger partial charge in [-0.3, -0.25) is 9.69 Å². The highest BCUT2D eigenvalue weighted by Crippen LogP contribution is 2.31. The van der Waals surface area contributed by atoms with E-state index < -0.39 is 5.63 Å². The SMILES string of the molecule is O=C(c1ccc(Cl)cc1)C1CCN(Cc2cc(=O)oc3cc(O)c(Cl)cc23)CC1. The summed E-state index contributed by atoms with van der Waals surface area (Å²) in [6.07, 6.45) is 1.50. The molecule has 0 spiro atoms. The van der Waals surface area contributed by atoms with Crippen LogP contribution in [0, 0.1) is 5.92 Å². The van der Waals surface area contributed by atoms with Gasteiger partial charge in [0.15, 0.2) is 5.78 Å². The van der Waals surface area contributed by atoms with E-state index in [1.54, 1.807) is 30.3 Å². The molecule has 3 aromatic rings. The molecule has 2 heterocycles. The molecule has 29 heavy (non-hydrogen) atoms. The lowest BCUT2D eigenvalue weighted by Crippen LogP contribution is -2.36. The largest absolute Gasteiger partial charge is 0.506 e. The quantitative estimate of drug-likeness (QED) is 0.469. The maximum Gasteiger partial charge on any atom is 0.336 e. The molecule has 0 atom stereocenters. The number of carbonyl (C=O) groups excluding carboxylic acids is 1. The third-order valence-electron chi connectivity index (χ3n) is 5.38. The number of hydrogen-bond donors (Lipinski definition) is 1. The number of aromatic hydroxyl groups is 1. The standard InChI is InChI=1S/C22H19Cl2NO4/c23-16-3-1-13(2-4-16)22(28)14-5-7-25(8-6-14)12-15-9-21(27)29-20-11-19(26)18(24)10-17(15)20/h1-4,9-11,14,26H,5-8,12H2. The van der Waals surface area contributed by atoms with E-state index in [4.69, 9.17) is 27.6 Å². The molecule has 5 nitrogen and oxygen atoms in total. The molecule has 1 aliphatic rings. The first-order valence-electron chi connectivity index (χ1n) is 9.38. The normalized spacial score (nSPS) is 15.7. The van der Waals surface area contributed by atoms with Crippen LogP contribution >= 0.6 is 23.2 Å². The molecular formula is C22H19Cl2NO4. The predicted molar refractivity (Wildman–Crippen MR) is 113 cm³/mol. The average molecular weight is 432 g/mol. The summed E-state index contributed by atoms with van der Waals surface area (Å²) in [5.41, 5.74) is 1.32. The molecule has 1 aliphatic heterocycles. The number of rotatable bonds is 4. The summed E-state index contributed by atoms with van der Waals surface area (Å²) >= 11 is 11.9. The van der Waals surface area contributed by atoms with Crippen molar-refractivity contribution in [2.24, 2.45) is 5.92 Å². The summed E-state index contributed by atoms with van der Waals surface area (Å²) in [6, 6.07) is 11.4. The molecule has 2 aromatic carbocycles. The van der Waals surface area contributed by atoms with Crippen LogP contribution in [0.4, 0.5) is 0 Å². The Morgan fingerprint density at radius 2 is 1.79 bits per heavy atom. The minimum absolute atomic E-state index is 0.0172. The van der Waals surface area contributed by atoms with Gasteiger partial charge in [-0.25, -0.2) is 4.79 Å². The number of hydrogen-bond acceptors (Lipinski definition) is 5. The molecule has 7 heteroatoms. The Labute approximate surface area is 177 Å². The van der Waals surface area contributed by atoms with Crippen molar-refractivity contribution >= 4 is 40.0 Å². The van der Waals surface area contributed by atoms with E-state index in [-0.39, 0.29) is 22.5 Å². The number of nitrogens with zero attached hydrogens (tertiary/aromatic N) is 1. The lowest BCUT2D eigenvalue weighted by molar-refractivity contribution is 0.0835. The van der Waals surface area contributed by atoms with E-state index in [0.717, 1.165) is 31.5 Å². The van der Waals surface area contributed by atoms with Crippen LogP contribution in [0.15, 0.2) is 51.7 Å². The maximum absolute atomic E-state index is 12.7. The van der Waals surface area contributed by atoms with E-state index in [9.17, 15) is 14.7 Å². The number of benzene rings is 2. The van der Waals surface area contributed by atoms with Crippen LogP contribution in [0.5, 0.6) is 5.75 Å². The van der Waals surface area contributed by atoms with Gasteiger partial charge in [-0.05, 0) is 61.8 Å². The first-order valence-corrected chi connectivity index (χ1v) is 10.1. The molecule has 4 rings (SSSR count). The number of phenolic OH excluding ortho intramolecular Hbond substituents is 1. The van der Waals surface area contributed by atoms with Crippen LogP contribution in [-0.4, -0.2) is 28.9 Å². The molecule has 0 radical (unpaired) electrons. The van der Waals surface area contributed by atoms with E-state index in [1.165, 1.54) is 12.1 Å². The van der Waals surface area contributed by atoms with Gasteiger partial charge >= 0.3 is 5.63 Å². The number of Topliss-reactive ketones (excluding diaryl/α,β-unsaturated/α-hetero) is 1. The Balaban J connectivity index is 1.47. The molecule has 150 valence electrons. The number of likely N-dealkylation sites (tertiary alicyclic amines) is 1. The molecule has 1 N–H and O–H groups in total. The van der Waals surface area contributed by atoms with Crippen LogP contribution in [0.2, 0.25) is 10.0 Å². The minimum Gasteiger partial charge on any atom is -0.506 e. The summed E-state index contributed by atoms with van der Waals surface area (Å²) in [4.78, 5) is 26.8. The maximum atomic E-state index is 12.7. The molecule has 1 aromatic heterocycles. The summed E-state index contributed by atoms with van der Waals surface area (Å²) < 4.78 is 5.19. The Morgan fingerprint density at radius 1 is 1.10 bits per heavy atom. The molecule has 1 fully saturated rings. The van der Waals surface area contributed by atoms with E-state index in [2.05, 4.69) is 4.90 Å². The van der Waals surface area contributed by atoms with Gasteiger partial charge in [0.1, 0.15) is 11.3 Å². The second kappa shape index (κ2) is 8.19. The zero-order chi connectivity index (χ0) is 20.5. The highest BCUT2D eigenvalue weighted by Gasteiger charge is 2.26. The van der Waals surface area contributed by atoms with Crippen molar-refractivity contribution in [1.82, 2.24) is 4.90 Å². The third-order valence-corrected chi connectivity index (χ3v) is 5.93. The highest BCUT2D eigenvalue weighted by molar-refractivity contribution is 6.32. The van der Waals surface area contributed by atoms with Gasteiger partial charge in [0.25, 0.3) is 0 Å². The van der Waals surface area contributed by atoms with Gasteiger partial charge in [-0.15, -0.1) is 0 Å². The van der Waals surface area contributed by atoms with Gasteiger partial charge in [0.2, 0.25) is 0 Å². The van der Waals surface area contributed by atoms with Gasteiger partial charge in [-0.1, -0.05) is 23.2 Å². The minimum atomic E-state index is -0.470. The molecule has 0 unspecified atom stereocenters. The molecule has 0 bridgehead atoms. The Morgan fingerprint density at radius 3 is 2.48 bits per heavy atom. The third kappa shape index (κ3) is 4.32. The van der Waals surface area contributed by atoms with Crippen molar-refractivity contribution in [3.05, 3.63) is 74.1 Å². The van der Waals surface area contributed by atoms with Crippen LogP contribution in [0.25, 0.3) is 11.0 Å². The van der Waals surface area contributed by atoms with Crippen molar-refractivity contribution in [2.75, 3.05) is 13.1 Å². The fourth-order valence-electron chi connectivity index (χ4n) is 3.81. The second-order valence-corrected chi connectivity index (χ2v) is 8.16. The number of fused-ring (bicyclic) bond motifs is 1. The molecule has 0 amide bonds. The van der Waals surface area contributed by atoms with Crippen molar-refractivity contribution in [2.45, 2.75) is 19.4 Å². The first-order chi connectivity index (χ1) is 13.9. The Kier molecular flexibility index (Phi) is 5.63. The van der Waals surface area contributed by atoms with Crippen molar-refractivity contribution in [3.8, 4) is 5.75 Å². The van der Waals surface area contributed by atoms with Gasteiger partial charge in [-0.2, -0.15) is 0 Å². The second-order valence-electron chi connectivity index (χ2n) is 7.31. The number of phenols is 1. The first kappa shape index (κ1) is 20.0. The van der Waals surface area contributed by atoms with Crippen LogP contribution in [-0.2, 0) is 6.54 Å². The van der Waals surface area contributed by atoms with Gasteiger partial charge in [0, 0.05) is 40.6 Å². The number of ketones is 1. The van der Waals surface area contributed by atoms with E-state index in [0.29, 0.717) is 28.1 Å². The Bertz CT molecular complexity index is 1120. The van der Waals surface area contributed by atoms with Crippen molar-refractivity contribution in [1.29, 1.82) is 0 Å². The Hall–Kier alpha value is -2.34. The van der Waals surface area contributed by atoms with Crippen LogP contribution < -0.4 is 5.63 Å². The molecular weight excluding hydrogens is 413 g/mol. The lowest BCUT2D eigenvalue weighted by atomic mass is 9.88. The summed E-state index contributed by atoms with van der Waals surface area (Å²) in [5, 5.41) is 11.3. The van der Waals surface area contributed by atoms with E-state index >= 15 is 0 Å². The summed E-state index contributed by atoms with van der Waals surface area (Å²) in [6.45, 7) is 2.04. The highest BCUT2D eigenvalue weighted by atomic mass is 35.5. The molecule has 0 saturated carbocycles. The predicted octanol–water partition coefficient (Wildman–Crippen LogP) is 4.90. The van der Waals surface area contributed by atoms with Crippen molar-refractivity contribution < 1.29 is 14.3 Å². The fourth-order valence-corrected chi connectivity index (χ4v) is 4.10. The summed E-state index contributed by atoms with van der Waals surface area (Å²) in [7, 11) is 0. The summed E-state index contributed by atoms with van der Waals surface area (Å²) in [5.74, 6) is 0.00627. The molecule has 0 aliphatic carbocycles. The molecule has 1 saturated heterocycles. The van der Waals surface area contributed by atoms with Crippen LogP contribution in [0.1, 0.15) is 28.8 Å². The van der Waals surface area contributed by atoms with Crippen molar-refractivity contribution in [3.63, 3.8) is 0 Å². The lowest BCUT2D eigenvalue weighted by Gasteiger charge is -2.31. The topological polar surface area (TPSA) is 70.8 Å². The monoisotopic (exact) mass is 431 g/mol. The number of piperidine rings is 1.